The molecule has 10 heteroatoms. The highest BCUT2D eigenvalue weighted by Crippen LogP contribution is 2.38. The molecule has 0 aliphatic carbocycles. The largest absolute Gasteiger partial charge is 0.383 e. The van der Waals surface area contributed by atoms with Crippen LogP contribution in [0.3, 0.4) is 0 Å². The molecule has 3 aromatic heterocycles. The number of fused-ring (bicyclic) bond motifs is 3. The Morgan fingerprint density at radius 3 is 2.60 bits per heavy atom. The summed E-state index contributed by atoms with van der Waals surface area (Å²) < 4.78 is 21.5. The van der Waals surface area contributed by atoms with E-state index >= 15 is 0 Å². The van der Waals surface area contributed by atoms with E-state index in [1.165, 1.54) is 0 Å². The molecule has 10 nitrogen and oxygen atoms in total. The Labute approximate surface area is 203 Å². The maximum absolute atomic E-state index is 11.7. The van der Waals surface area contributed by atoms with Crippen molar-refractivity contribution in [1.82, 2.24) is 24.4 Å². The summed E-state index contributed by atoms with van der Waals surface area (Å²) in [6.45, 7) is 3.43. The smallest absolute Gasteiger partial charge is 0.167 e. The summed E-state index contributed by atoms with van der Waals surface area (Å²) in [5, 5.41) is 21.1. The van der Waals surface area contributed by atoms with Crippen molar-refractivity contribution in [3.05, 3.63) is 30.2 Å². The fraction of sp³-hybridized carbons (Fsp3) is 0.640. The first-order valence-electron chi connectivity index (χ1n) is 12.9. The molecule has 35 heavy (non-hydrogen) atoms. The molecular weight excluding hydrogens is 448 g/mol. The van der Waals surface area contributed by atoms with E-state index in [2.05, 4.69) is 10.00 Å². The minimum absolute atomic E-state index is 0.0825. The Morgan fingerprint density at radius 2 is 1.83 bits per heavy atom. The van der Waals surface area contributed by atoms with Gasteiger partial charge in [-0.25, -0.2) is 14.2 Å². The van der Waals surface area contributed by atoms with E-state index in [0.717, 1.165) is 80.2 Å². The van der Waals surface area contributed by atoms with Crippen molar-refractivity contribution in [1.29, 1.82) is 0 Å². The van der Waals surface area contributed by atoms with Gasteiger partial charge in [0.2, 0.25) is 0 Å². The van der Waals surface area contributed by atoms with Crippen LogP contribution in [-0.4, -0.2) is 74.6 Å². The highest BCUT2D eigenvalue weighted by atomic mass is 16.5. The van der Waals surface area contributed by atoms with Gasteiger partial charge in [0.1, 0.15) is 11.4 Å². The van der Waals surface area contributed by atoms with Gasteiger partial charge in [-0.2, -0.15) is 10.2 Å². The van der Waals surface area contributed by atoms with Crippen LogP contribution in [0.2, 0.25) is 0 Å². The SMILES string of the molecule is OC1(c2cc(N3CC4CCC(C3)O4)nc3c(-c4ccnn4C4CCCCO4)cnn23)CCOCC1. The Bertz CT molecular complexity index is 1200. The topological polar surface area (TPSA) is 99.2 Å². The minimum Gasteiger partial charge on any atom is -0.383 e. The molecule has 3 atom stereocenters. The van der Waals surface area contributed by atoms with E-state index in [4.69, 9.17) is 24.3 Å². The van der Waals surface area contributed by atoms with E-state index in [-0.39, 0.29) is 18.4 Å². The van der Waals surface area contributed by atoms with Crippen molar-refractivity contribution in [3.8, 4) is 11.3 Å². The van der Waals surface area contributed by atoms with Crippen LogP contribution in [-0.2, 0) is 19.8 Å². The third kappa shape index (κ3) is 3.74. The summed E-state index contributed by atoms with van der Waals surface area (Å²) in [4.78, 5) is 7.45. The van der Waals surface area contributed by atoms with E-state index in [0.29, 0.717) is 26.1 Å². The quantitative estimate of drug-likeness (QED) is 0.609. The molecule has 3 aromatic rings. The van der Waals surface area contributed by atoms with Gasteiger partial charge in [-0.3, -0.25) is 0 Å². The Kier molecular flexibility index (Phi) is 5.31. The third-order valence-electron chi connectivity index (χ3n) is 8.00. The van der Waals surface area contributed by atoms with Gasteiger partial charge in [-0.1, -0.05) is 0 Å². The molecule has 0 saturated carbocycles. The second-order valence-corrected chi connectivity index (χ2v) is 10.3. The Balaban J connectivity index is 1.36. The van der Waals surface area contributed by atoms with Crippen molar-refractivity contribution in [2.75, 3.05) is 37.8 Å². The van der Waals surface area contributed by atoms with Crippen molar-refractivity contribution < 1.29 is 19.3 Å². The molecule has 0 aromatic carbocycles. The molecule has 1 N–H and O–H groups in total. The van der Waals surface area contributed by atoms with Gasteiger partial charge in [0.25, 0.3) is 0 Å². The molecule has 7 rings (SSSR count). The molecule has 2 bridgehead atoms. The summed E-state index contributed by atoms with van der Waals surface area (Å²) in [7, 11) is 0. The standard InChI is InChI=1S/C25H32N6O4/c32-25(7-11-33-12-8-25)21-13-22(29-15-17-4-5-18(16-29)35-17)28-24-19(14-27-31(21)24)20-6-9-26-30(20)23-3-1-2-10-34-23/h6,9,13-14,17-18,23,32H,1-5,7-8,10-12,15-16H2. The number of hydrogen-bond donors (Lipinski definition) is 1. The third-order valence-corrected chi connectivity index (χ3v) is 8.00. The Morgan fingerprint density at radius 1 is 1.00 bits per heavy atom. The van der Waals surface area contributed by atoms with E-state index < -0.39 is 5.60 Å². The number of hydrogen-bond acceptors (Lipinski definition) is 8. The average molecular weight is 481 g/mol. The Hall–Kier alpha value is -2.53. The second-order valence-electron chi connectivity index (χ2n) is 10.3. The zero-order chi connectivity index (χ0) is 23.4. The number of ether oxygens (including phenoxy) is 3. The van der Waals surface area contributed by atoms with Crippen LogP contribution < -0.4 is 4.90 Å². The van der Waals surface area contributed by atoms with E-state index in [9.17, 15) is 5.11 Å². The second kappa shape index (κ2) is 8.55. The number of morpholine rings is 1. The predicted molar refractivity (Wildman–Crippen MR) is 127 cm³/mol. The van der Waals surface area contributed by atoms with Crippen LogP contribution in [0.25, 0.3) is 16.9 Å². The highest BCUT2D eigenvalue weighted by Gasteiger charge is 2.38. The van der Waals surface area contributed by atoms with Gasteiger partial charge in [-0.05, 0) is 38.2 Å². The van der Waals surface area contributed by atoms with Gasteiger partial charge in [0.05, 0.1) is 35.4 Å². The molecular formula is C25H32N6O4. The average Bonchev–Trinajstić information content (AvgIpc) is 3.62. The molecule has 4 aliphatic heterocycles. The lowest BCUT2D eigenvalue weighted by Gasteiger charge is -2.35. The van der Waals surface area contributed by atoms with Crippen LogP contribution in [0.15, 0.2) is 24.5 Å². The van der Waals surface area contributed by atoms with Crippen molar-refractivity contribution in [3.63, 3.8) is 0 Å². The first-order chi connectivity index (χ1) is 17.2. The number of aromatic nitrogens is 5. The normalized spacial score (nSPS) is 28.6. The summed E-state index contributed by atoms with van der Waals surface area (Å²) >= 11 is 0. The molecule has 4 fully saturated rings. The number of rotatable bonds is 4. The lowest BCUT2D eigenvalue weighted by molar-refractivity contribution is -0.0717. The van der Waals surface area contributed by atoms with Gasteiger partial charge < -0.3 is 24.2 Å². The fourth-order valence-electron chi connectivity index (χ4n) is 6.06. The molecule has 0 radical (unpaired) electrons. The molecule has 4 aliphatic rings. The van der Waals surface area contributed by atoms with Crippen LogP contribution >= 0.6 is 0 Å². The maximum atomic E-state index is 11.7. The number of aliphatic hydroxyl groups is 1. The first-order valence-corrected chi connectivity index (χ1v) is 12.9. The van der Waals surface area contributed by atoms with Gasteiger partial charge in [-0.15, -0.1) is 0 Å². The summed E-state index contributed by atoms with van der Waals surface area (Å²) in [5.41, 5.74) is 2.31. The molecule has 4 saturated heterocycles. The highest BCUT2D eigenvalue weighted by molar-refractivity contribution is 5.76. The molecule has 3 unspecified atom stereocenters. The van der Waals surface area contributed by atoms with E-state index in [1.807, 2.05) is 33.7 Å². The number of anilines is 1. The first kappa shape index (κ1) is 21.7. The maximum Gasteiger partial charge on any atom is 0.167 e. The zero-order valence-corrected chi connectivity index (χ0v) is 19.9. The van der Waals surface area contributed by atoms with Crippen LogP contribution in [0.4, 0.5) is 5.82 Å². The van der Waals surface area contributed by atoms with E-state index in [1.54, 1.807) is 0 Å². The van der Waals surface area contributed by atoms with Gasteiger partial charge in [0, 0.05) is 58.0 Å². The molecule has 0 spiro atoms. The van der Waals surface area contributed by atoms with Crippen LogP contribution in [0, 0.1) is 0 Å². The van der Waals surface area contributed by atoms with Crippen molar-refractivity contribution in [2.45, 2.75) is 69.0 Å². The fourth-order valence-corrected chi connectivity index (χ4v) is 6.06. The van der Waals surface area contributed by atoms with Crippen LogP contribution in [0.5, 0.6) is 0 Å². The lowest BCUT2D eigenvalue weighted by atomic mass is 9.90. The predicted octanol–water partition coefficient (Wildman–Crippen LogP) is 2.66. The molecule has 186 valence electrons. The summed E-state index contributed by atoms with van der Waals surface area (Å²) in [6.07, 6.45) is 10.5. The summed E-state index contributed by atoms with van der Waals surface area (Å²) in [6, 6.07) is 4.03. The zero-order valence-electron chi connectivity index (χ0n) is 19.9. The van der Waals surface area contributed by atoms with Crippen molar-refractivity contribution >= 4 is 11.5 Å². The number of nitrogens with zero attached hydrogens (tertiary/aromatic N) is 6. The molecule has 7 heterocycles. The monoisotopic (exact) mass is 480 g/mol. The lowest BCUT2D eigenvalue weighted by Crippen LogP contribution is -2.43. The summed E-state index contributed by atoms with van der Waals surface area (Å²) in [5.74, 6) is 0.870. The van der Waals surface area contributed by atoms with Gasteiger partial charge in [0.15, 0.2) is 11.9 Å². The molecule has 0 amide bonds. The van der Waals surface area contributed by atoms with Crippen molar-refractivity contribution in [2.24, 2.45) is 0 Å². The van der Waals surface area contributed by atoms with Crippen LogP contribution in [0.1, 0.15) is 56.9 Å². The van der Waals surface area contributed by atoms with Gasteiger partial charge >= 0.3 is 0 Å². The minimum atomic E-state index is -1.02.